The van der Waals surface area contributed by atoms with Gasteiger partial charge in [0.15, 0.2) is 0 Å². The molecule has 1 aliphatic carbocycles. The lowest BCUT2D eigenvalue weighted by Crippen LogP contribution is -2.40. The van der Waals surface area contributed by atoms with Crippen LogP contribution in [0.15, 0.2) is 18.2 Å². The van der Waals surface area contributed by atoms with Crippen LogP contribution in [0.3, 0.4) is 0 Å². The number of benzene rings is 1. The first-order chi connectivity index (χ1) is 10.6. The van der Waals surface area contributed by atoms with E-state index in [0.29, 0.717) is 6.42 Å². The van der Waals surface area contributed by atoms with Gasteiger partial charge in [-0.05, 0) is 60.8 Å². The van der Waals surface area contributed by atoms with Crippen LogP contribution in [0.2, 0.25) is 0 Å². The van der Waals surface area contributed by atoms with Gasteiger partial charge in [0.1, 0.15) is 0 Å². The van der Waals surface area contributed by atoms with Gasteiger partial charge >= 0.3 is 0 Å². The Kier molecular flexibility index (Phi) is 4.82. The van der Waals surface area contributed by atoms with E-state index in [-0.39, 0.29) is 5.91 Å². The number of nitrogens with one attached hydrogen (secondary N) is 1. The van der Waals surface area contributed by atoms with Crippen LogP contribution >= 0.6 is 0 Å². The van der Waals surface area contributed by atoms with Crippen molar-refractivity contribution >= 4 is 11.6 Å². The molecule has 22 heavy (non-hydrogen) atoms. The summed E-state index contributed by atoms with van der Waals surface area (Å²) >= 11 is 0. The summed E-state index contributed by atoms with van der Waals surface area (Å²) < 4.78 is 0. The number of likely N-dealkylation sites (tertiary alicyclic amines) is 1. The predicted molar refractivity (Wildman–Crippen MR) is 91.1 cm³/mol. The number of hydrogen-bond donors (Lipinski definition) is 1. The van der Waals surface area contributed by atoms with Crippen molar-refractivity contribution in [3.8, 4) is 0 Å². The molecular formula is C19H28N2O. The first-order valence-corrected chi connectivity index (χ1v) is 8.74. The lowest BCUT2D eigenvalue weighted by molar-refractivity contribution is -0.116. The molecule has 1 aliphatic heterocycles. The molecule has 1 heterocycles. The lowest BCUT2D eigenvalue weighted by atomic mass is 9.92. The zero-order valence-corrected chi connectivity index (χ0v) is 13.9. The normalized spacial score (nSPS) is 25.0. The Balaban J connectivity index is 1.48. The third kappa shape index (κ3) is 3.89. The van der Waals surface area contributed by atoms with E-state index < -0.39 is 0 Å². The minimum absolute atomic E-state index is 0.142. The van der Waals surface area contributed by atoms with Crippen molar-refractivity contribution in [2.45, 2.75) is 46.0 Å². The maximum Gasteiger partial charge on any atom is 0.225 e. The van der Waals surface area contributed by atoms with E-state index in [1.807, 2.05) is 6.07 Å². The Morgan fingerprint density at radius 1 is 1.18 bits per heavy atom. The molecule has 2 aliphatic rings. The van der Waals surface area contributed by atoms with Gasteiger partial charge in [-0.2, -0.15) is 0 Å². The molecule has 0 radical (unpaired) electrons. The minimum Gasteiger partial charge on any atom is -0.326 e. The van der Waals surface area contributed by atoms with Crippen molar-refractivity contribution in [3.05, 3.63) is 29.3 Å². The minimum atomic E-state index is 0.142. The van der Waals surface area contributed by atoms with E-state index in [1.165, 1.54) is 30.4 Å². The molecule has 1 aromatic carbocycles. The molecule has 0 spiro atoms. The Labute approximate surface area is 134 Å². The summed E-state index contributed by atoms with van der Waals surface area (Å²) in [4.78, 5) is 14.6. The Bertz CT molecular complexity index is 530. The number of hydrogen-bond acceptors (Lipinski definition) is 2. The van der Waals surface area contributed by atoms with Crippen molar-refractivity contribution in [2.24, 2.45) is 11.8 Å². The number of fused-ring (bicyclic) bond motifs is 1. The highest BCUT2D eigenvalue weighted by molar-refractivity contribution is 5.91. The SMILES string of the molecule is C[C@@H]1C[C@H](C)CN(CCC(=O)Nc2ccc3c(c2)CCC3)C1. The predicted octanol–water partition coefficient (Wildman–Crippen LogP) is 3.48. The van der Waals surface area contributed by atoms with Crippen molar-refractivity contribution in [1.82, 2.24) is 4.90 Å². The van der Waals surface area contributed by atoms with Gasteiger partial charge < -0.3 is 10.2 Å². The quantitative estimate of drug-likeness (QED) is 0.923. The van der Waals surface area contributed by atoms with Crippen LogP contribution in [-0.2, 0) is 17.6 Å². The largest absolute Gasteiger partial charge is 0.326 e. The summed E-state index contributed by atoms with van der Waals surface area (Å²) in [6, 6.07) is 6.38. The molecule has 3 rings (SSSR count). The molecule has 0 saturated carbocycles. The van der Waals surface area contributed by atoms with Gasteiger partial charge in [-0.3, -0.25) is 4.79 Å². The second-order valence-corrected chi connectivity index (χ2v) is 7.34. The summed E-state index contributed by atoms with van der Waals surface area (Å²) in [5, 5.41) is 3.07. The van der Waals surface area contributed by atoms with Crippen molar-refractivity contribution in [1.29, 1.82) is 0 Å². The molecule has 2 atom stereocenters. The Morgan fingerprint density at radius 3 is 2.68 bits per heavy atom. The third-order valence-electron chi connectivity index (χ3n) is 4.98. The summed E-state index contributed by atoms with van der Waals surface area (Å²) in [6.45, 7) is 7.78. The number of anilines is 1. The van der Waals surface area contributed by atoms with E-state index in [0.717, 1.165) is 43.6 Å². The Morgan fingerprint density at radius 2 is 1.91 bits per heavy atom. The van der Waals surface area contributed by atoms with Crippen LogP contribution in [-0.4, -0.2) is 30.4 Å². The molecular weight excluding hydrogens is 272 g/mol. The zero-order valence-electron chi connectivity index (χ0n) is 13.9. The van der Waals surface area contributed by atoms with Gasteiger partial charge in [0.2, 0.25) is 5.91 Å². The van der Waals surface area contributed by atoms with Crippen LogP contribution in [0.25, 0.3) is 0 Å². The maximum atomic E-state index is 12.2. The summed E-state index contributed by atoms with van der Waals surface area (Å²) in [5.41, 5.74) is 3.83. The number of piperidine rings is 1. The van der Waals surface area contributed by atoms with Gasteiger partial charge in [0.25, 0.3) is 0 Å². The average molecular weight is 300 g/mol. The summed E-state index contributed by atoms with van der Waals surface area (Å²) in [5.74, 6) is 1.65. The number of nitrogens with zero attached hydrogens (tertiary/aromatic N) is 1. The Hall–Kier alpha value is -1.35. The van der Waals surface area contributed by atoms with Gasteiger partial charge in [0, 0.05) is 31.7 Å². The highest BCUT2D eigenvalue weighted by Crippen LogP contribution is 2.25. The molecule has 1 N–H and O–H groups in total. The van der Waals surface area contributed by atoms with E-state index in [2.05, 4.69) is 36.2 Å². The average Bonchev–Trinajstić information content (AvgIpc) is 2.92. The fraction of sp³-hybridized carbons (Fsp3) is 0.632. The third-order valence-corrected chi connectivity index (χ3v) is 4.98. The van der Waals surface area contributed by atoms with E-state index >= 15 is 0 Å². The smallest absolute Gasteiger partial charge is 0.225 e. The first kappa shape index (κ1) is 15.5. The standard InChI is InChI=1S/C19H28N2O/c1-14-10-15(2)13-21(12-14)9-8-19(22)20-18-7-6-16-4-3-5-17(16)11-18/h6-7,11,14-15H,3-5,8-10,12-13H2,1-2H3,(H,20,22)/t14-,15+. The van der Waals surface area contributed by atoms with Crippen LogP contribution in [0.1, 0.15) is 44.2 Å². The first-order valence-electron chi connectivity index (χ1n) is 8.74. The van der Waals surface area contributed by atoms with Crippen LogP contribution < -0.4 is 5.32 Å². The fourth-order valence-corrected chi connectivity index (χ4v) is 4.11. The van der Waals surface area contributed by atoms with Gasteiger partial charge in [-0.15, -0.1) is 0 Å². The zero-order chi connectivity index (χ0) is 15.5. The molecule has 0 aromatic heterocycles. The number of rotatable bonds is 4. The fourth-order valence-electron chi connectivity index (χ4n) is 4.11. The van der Waals surface area contributed by atoms with Gasteiger partial charge in [0.05, 0.1) is 0 Å². The van der Waals surface area contributed by atoms with E-state index in [9.17, 15) is 4.79 Å². The molecule has 0 unspecified atom stereocenters. The topological polar surface area (TPSA) is 32.3 Å². The molecule has 1 amide bonds. The number of carbonyl (C=O) groups excluding carboxylic acids is 1. The molecule has 1 saturated heterocycles. The lowest BCUT2D eigenvalue weighted by Gasteiger charge is -2.34. The van der Waals surface area contributed by atoms with E-state index in [1.54, 1.807) is 0 Å². The van der Waals surface area contributed by atoms with Crippen LogP contribution in [0.4, 0.5) is 5.69 Å². The molecule has 0 bridgehead atoms. The van der Waals surface area contributed by atoms with Crippen LogP contribution in [0.5, 0.6) is 0 Å². The van der Waals surface area contributed by atoms with Gasteiger partial charge in [-0.25, -0.2) is 0 Å². The second kappa shape index (κ2) is 6.82. The maximum absolute atomic E-state index is 12.2. The van der Waals surface area contributed by atoms with Crippen molar-refractivity contribution < 1.29 is 4.79 Å². The molecule has 3 nitrogen and oxygen atoms in total. The van der Waals surface area contributed by atoms with Crippen molar-refractivity contribution in [3.63, 3.8) is 0 Å². The van der Waals surface area contributed by atoms with E-state index in [4.69, 9.17) is 0 Å². The molecule has 1 aromatic rings. The molecule has 3 heteroatoms. The highest BCUT2D eigenvalue weighted by atomic mass is 16.1. The van der Waals surface area contributed by atoms with Gasteiger partial charge in [-0.1, -0.05) is 19.9 Å². The second-order valence-electron chi connectivity index (χ2n) is 7.34. The number of carbonyl (C=O) groups is 1. The molecule has 120 valence electrons. The van der Waals surface area contributed by atoms with Crippen molar-refractivity contribution in [2.75, 3.05) is 25.0 Å². The summed E-state index contributed by atoms with van der Waals surface area (Å²) in [7, 11) is 0. The monoisotopic (exact) mass is 300 g/mol. The van der Waals surface area contributed by atoms with Crippen LogP contribution in [0, 0.1) is 11.8 Å². The number of aryl methyl sites for hydroxylation is 2. The summed E-state index contributed by atoms with van der Waals surface area (Å²) in [6.07, 6.45) is 5.50. The number of amides is 1. The molecule has 1 fully saturated rings. The highest BCUT2D eigenvalue weighted by Gasteiger charge is 2.22.